The Balaban J connectivity index is 2.02. The topological polar surface area (TPSA) is 63.9 Å². The van der Waals surface area contributed by atoms with Crippen LogP contribution in [0.2, 0.25) is 0 Å². The van der Waals surface area contributed by atoms with Gasteiger partial charge in [0.05, 0.1) is 18.5 Å². The van der Waals surface area contributed by atoms with E-state index in [-0.39, 0.29) is 0 Å². The second-order valence-corrected chi connectivity index (χ2v) is 4.58. The molecule has 1 heterocycles. The Morgan fingerprint density at radius 3 is 2.68 bits per heavy atom. The molecule has 1 aromatic heterocycles. The molecule has 0 unspecified atom stereocenters. The minimum absolute atomic E-state index is 0.699. The zero-order valence-electron chi connectivity index (χ0n) is 11.4. The van der Waals surface area contributed by atoms with Crippen molar-refractivity contribution in [1.82, 2.24) is 9.97 Å². The van der Waals surface area contributed by atoms with E-state index in [0.29, 0.717) is 6.54 Å². The lowest BCUT2D eigenvalue weighted by Gasteiger charge is -2.02. The predicted molar refractivity (Wildman–Crippen MR) is 77.0 cm³/mol. The van der Waals surface area contributed by atoms with E-state index in [1.165, 1.54) is 5.56 Å². The number of rotatable bonds is 7. The molecule has 4 nitrogen and oxygen atoms in total. The molecule has 4 heteroatoms. The highest BCUT2D eigenvalue weighted by Gasteiger charge is 2.03. The van der Waals surface area contributed by atoms with Crippen LogP contribution in [0.5, 0.6) is 0 Å². The van der Waals surface area contributed by atoms with E-state index in [4.69, 9.17) is 10.5 Å². The average molecular weight is 259 g/mol. The van der Waals surface area contributed by atoms with Crippen LogP contribution < -0.4 is 5.73 Å². The highest BCUT2D eigenvalue weighted by atomic mass is 16.5. The number of H-pyrrole nitrogens is 1. The van der Waals surface area contributed by atoms with Gasteiger partial charge < -0.3 is 15.5 Å². The largest absolute Gasteiger partial charge is 0.384 e. The lowest BCUT2D eigenvalue weighted by Crippen LogP contribution is -2.01. The van der Waals surface area contributed by atoms with Crippen LogP contribution in [0.4, 0.5) is 0 Å². The minimum Gasteiger partial charge on any atom is -0.384 e. The molecular formula is C15H21N3O. The number of ether oxygens (including phenoxy) is 1. The first-order valence-corrected chi connectivity index (χ1v) is 6.65. The number of nitrogens with one attached hydrogen (secondary N) is 1. The fourth-order valence-electron chi connectivity index (χ4n) is 1.98. The van der Waals surface area contributed by atoms with Gasteiger partial charge in [0.2, 0.25) is 0 Å². The Bertz CT molecular complexity index is 490. The summed E-state index contributed by atoms with van der Waals surface area (Å²) >= 11 is 0. The lowest BCUT2D eigenvalue weighted by molar-refractivity contribution is 0.202. The zero-order chi connectivity index (χ0) is 13.5. The van der Waals surface area contributed by atoms with Crippen LogP contribution in [-0.4, -0.2) is 30.2 Å². The van der Waals surface area contributed by atoms with E-state index in [2.05, 4.69) is 34.2 Å². The predicted octanol–water partition coefficient (Wildman–Crippen LogP) is 2.16. The van der Waals surface area contributed by atoms with Crippen molar-refractivity contribution in [2.75, 3.05) is 20.3 Å². The van der Waals surface area contributed by atoms with Crippen LogP contribution in [0.3, 0.4) is 0 Å². The Labute approximate surface area is 114 Å². The monoisotopic (exact) mass is 259 g/mol. The molecule has 0 fully saturated rings. The van der Waals surface area contributed by atoms with Gasteiger partial charge in [-0.05, 0) is 30.5 Å². The maximum absolute atomic E-state index is 5.50. The van der Waals surface area contributed by atoms with Crippen LogP contribution in [0.1, 0.15) is 17.8 Å². The fourth-order valence-corrected chi connectivity index (χ4v) is 1.98. The minimum atomic E-state index is 0.699. The van der Waals surface area contributed by atoms with Gasteiger partial charge in [-0.2, -0.15) is 0 Å². The summed E-state index contributed by atoms with van der Waals surface area (Å²) in [5, 5.41) is 0. The van der Waals surface area contributed by atoms with E-state index in [0.717, 1.165) is 43.0 Å². The van der Waals surface area contributed by atoms with Gasteiger partial charge in [0.15, 0.2) is 0 Å². The van der Waals surface area contributed by atoms with E-state index >= 15 is 0 Å². The molecule has 0 radical (unpaired) electrons. The summed E-state index contributed by atoms with van der Waals surface area (Å²) in [5.74, 6) is 1.00. The molecule has 0 saturated carbocycles. The third kappa shape index (κ3) is 3.91. The number of hydrogen-bond donors (Lipinski definition) is 2. The first-order chi connectivity index (χ1) is 9.33. The molecule has 102 valence electrons. The summed E-state index contributed by atoms with van der Waals surface area (Å²) < 4.78 is 5.08. The Morgan fingerprint density at radius 1 is 1.21 bits per heavy atom. The van der Waals surface area contributed by atoms with Gasteiger partial charge in [-0.1, -0.05) is 24.3 Å². The van der Waals surface area contributed by atoms with Gasteiger partial charge in [-0.3, -0.25) is 0 Å². The van der Waals surface area contributed by atoms with Crippen LogP contribution in [-0.2, 0) is 17.6 Å². The highest BCUT2D eigenvalue weighted by Crippen LogP contribution is 2.18. The molecule has 0 aliphatic heterocycles. The van der Waals surface area contributed by atoms with E-state index in [1.54, 1.807) is 7.11 Å². The van der Waals surface area contributed by atoms with Crippen LogP contribution in [0.25, 0.3) is 11.3 Å². The van der Waals surface area contributed by atoms with Gasteiger partial charge in [0.25, 0.3) is 0 Å². The third-order valence-corrected chi connectivity index (χ3v) is 3.11. The van der Waals surface area contributed by atoms with Gasteiger partial charge in [0.1, 0.15) is 5.82 Å². The molecule has 0 aliphatic carbocycles. The molecule has 0 saturated heterocycles. The van der Waals surface area contributed by atoms with Crippen molar-refractivity contribution in [1.29, 1.82) is 0 Å². The molecule has 2 aromatic rings. The van der Waals surface area contributed by atoms with Crippen LogP contribution in [0.15, 0.2) is 30.5 Å². The molecule has 0 atom stereocenters. The summed E-state index contributed by atoms with van der Waals surface area (Å²) in [7, 11) is 1.72. The first-order valence-electron chi connectivity index (χ1n) is 6.65. The summed E-state index contributed by atoms with van der Waals surface area (Å²) in [4.78, 5) is 7.71. The summed E-state index contributed by atoms with van der Waals surface area (Å²) in [6.07, 6.45) is 4.70. The van der Waals surface area contributed by atoms with Crippen molar-refractivity contribution >= 4 is 0 Å². The Hall–Kier alpha value is -1.65. The standard InChI is InChI=1S/C15H21N3O/c1-19-10-8-12-4-6-13(7-5-12)14-11-17-15(18-14)3-2-9-16/h4-7,11H,2-3,8-10,16H2,1H3,(H,17,18). The second kappa shape index (κ2) is 7.07. The second-order valence-electron chi connectivity index (χ2n) is 4.58. The Morgan fingerprint density at radius 2 is 2.00 bits per heavy atom. The number of imidazole rings is 1. The fraction of sp³-hybridized carbons (Fsp3) is 0.400. The van der Waals surface area contributed by atoms with Gasteiger partial charge in [0, 0.05) is 13.5 Å². The van der Waals surface area contributed by atoms with E-state index in [9.17, 15) is 0 Å². The van der Waals surface area contributed by atoms with Crippen molar-refractivity contribution < 1.29 is 4.74 Å². The summed E-state index contributed by atoms with van der Waals surface area (Å²) in [6.45, 7) is 1.46. The van der Waals surface area contributed by atoms with Crippen LogP contribution >= 0.6 is 0 Å². The maximum atomic E-state index is 5.50. The molecular weight excluding hydrogens is 238 g/mol. The zero-order valence-corrected chi connectivity index (χ0v) is 11.4. The molecule has 3 N–H and O–H groups in total. The third-order valence-electron chi connectivity index (χ3n) is 3.11. The molecule has 0 spiro atoms. The SMILES string of the molecule is COCCc1ccc(-c2cnc(CCCN)[nH]2)cc1. The molecule has 0 bridgehead atoms. The molecule has 0 aliphatic rings. The number of benzene rings is 1. The number of aryl methyl sites for hydroxylation is 1. The average Bonchev–Trinajstić information content (AvgIpc) is 2.92. The van der Waals surface area contributed by atoms with Gasteiger partial charge in [-0.25, -0.2) is 4.98 Å². The molecule has 1 aromatic carbocycles. The molecule has 19 heavy (non-hydrogen) atoms. The van der Waals surface area contributed by atoms with Crippen LogP contribution in [0, 0.1) is 0 Å². The van der Waals surface area contributed by atoms with E-state index in [1.807, 2.05) is 6.20 Å². The van der Waals surface area contributed by atoms with Crippen molar-refractivity contribution in [2.24, 2.45) is 5.73 Å². The van der Waals surface area contributed by atoms with Crippen molar-refractivity contribution in [2.45, 2.75) is 19.3 Å². The van der Waals surface area contributed by atoms with Crippen molar-refractivity contribution in [3.63, 3.8) is 0 Å². The lowest BCUT2D eigenvalue weighted by atomic mass is 10.1. The van der Waals surface area contributed by atoms with E-state index < -0.39 is 0 Å². The number of hydrogen-bond acceptors (Lipinski definition) is 3. The molecule has 2 rings (SSSR count). The number of aromatic amines is 1. The molecule has 0 amide bonds. The maximum Gasteiger partial charge on any atom is 0.106 e. The number of nitrogens with zero attached hydrogens (tertiary/aromatic N) is 1. The van der Waals surface area contributed by atoms with Crippen molar-refractivity contribution in [3.8, 4) is 11.3 Å². The Kier molecular flexibility index (Phi) is 5.12. The summed E-state index contributed by atoms with van der Waals surface area (Å²) in [6, 6.07) is 8.50. The highest BCUT2D eigenvalue weighted by molar-refractivity contribution is 5.58. The van der Waals surface area contributed by atoms with Crippen molar-refractivity contribution in [3.05, 3.63) is 41.9 Å². The number of methoxy groups -OCH3 is 1. The van der Waals surface area contributed by atoms with Gasteiger partial charge >= 0.3 is 0 Å². The van der Waals surface area contributed by atoms with Gasteiger partial charge in [-0.15, -0.1) is 0 Å². The smallest absolute Gasteiger partial charge is 0.106 e. The number of nitrogens with two attached hydrogens (primary N) is 1. The summed E-state index contributed by atoms with van der Waals surface area (Å²) in [5.41, 5.74) is 9.00. The first kappa shape index (κ1) is 13.8. The normalized spacial score (nSPS) is 10.8. The number of aromatic nitrogens is 2. The quantitative estimate of drug-likeness (QED) is 0.801.